The summed E-state index contributed by atoms with van der Waals surface area (Å²) in [5.74, 6) is 0.881. The van der Waals surface area contributed by atoms with Gasteiger partial charge in [0.25, 0.3) is 0 Å². The Kier molecular flexibility index (Phi) is 4.11. The zero-order valence-electron chi connectivity index (χ0n) is 10.6. The summed E-state index contributed by atoms with van der Waals surface area (Å²) in [6, 6.07) is 1.58. The topological polar surface area (TPSA) is 95.0 Å². The number of aliphatic hydroxyl groups is 1. The van der Waals surface area contributed by atoms with Crippen molar-refractivity contribution in [2.45, 2.75) is 19.4 Å². The van der Waals surface area contributed by atoms with Crippen LogP contribution in [0, 0.1) is 5.92 Å². The van der Waals surface area contributed by atoms with Crippen LogP contribution >= 0.6 is 11.6 Å². The quantitative estimate of drug-likeness (QED) is 0.334. The van der Waals surface area contributed by atoms with Crippen molar-refractivity contribution in [1.29, 1.82) is 0 Å². The molecule has 0 saturated carbocycles. The van der Waals surface area contributed by atoms with Crippen molar-refractivity contribution >= 4 is 23.3 Å². The van der Waals surface area contributed by atoms with E-state index in [0.717, 1.165) is 13.0 Å². The highest BCUT2D eigenvalue weighted by Gasteiger charge is 2.33. The van der Waals surface area contributed by atoms with Crippen LogP contribution in [0.5, 0.6) is 0 Å². The molecule has 2 atom stereocenters. The van der Waals surface area contributed by atoms with E-state index in [0.29, 0.717) is 22.3 Å². The van der Waals surface area contributed by atoms with Crippen molar-refractivity contribution in [3.8, 4) is 0 Å². The lowest BCUT2D eigenvalue weighted by atomic mass is 10.0. The molecule has 19 heavy (non-hydrogen) atoms. The van der Waals surface area contributed by atoms with Crippen LogP contribution in [0.15, 0.2) is 17.4 Å². The third-order valence-electron chi connectivity index (χ3n) is 3.60. The number of nitrogens with two attached hydrogens (primary N) is 1. The normalized spacial score (nSPS) is 23.9. The second kappa shape index (κ2) is 5.63. The monoisotopic (exact) mass is 284 g/mol. The Hall–Kier alpha value is -1.53. The fraction of sp³-hybridized carbons (Fsp3) is 0.500. The maximum Gasteiger partial charge on any atom is 0.171 e. The number of amidine groups is 1. The predicted molar refractivity (Wildman–Crippen MR) is 73.8 cm³/mol. The molecule has 1 aromatic rings. The van der Waals surface area contributed by atoms with Crippen LogP contribution in [0.4, 0.5) is 5.82 Å². The number of aliphatic hydroxyl groups excluding tert-OH is 1. The molecule has 0 radical (unpaired) electrons. The first kappa shape index (κ1) is 13.9. The molecule has 2 heterocycles. The summed E-state index contributed by atoms with van der Waals surface area (Å²) in [6.45, 7) is 2.91. The smallest absolute Gasteiger partial charge is 0.171 e. The van der Waals surface area contributed by atoms with Crippen LogP contribution in [-0.4, -0.2) is 40.3 Å². The second-order valence-corrected chi connectivity index (χ2v) is 5.07. The Morgan fingerprint density at radius 2 is 2.42 bits per heavy atom. The standard InChI is InChI=1S/C12H17ClN4O2/c1-7-3-5-17(9(7)6-18)12-10(13)8(2-4-15-12)11(14)16-19/h2,4,7,9,18-19H,3,5-6H2,1H3,(H2,14,16). The molecule has 1 fully saturated rings. The molecule has 0 bridgehead atoms. The van der Waals surface area contributed by atoms with Gasteiger partial charge in [-0.05, 0) is 18.4 Å². The summed E-state index contributed by atoms with van der Waals surface area (Å²) >= 11 is 6.27. The number of hydrogen-bond donors (Lipinski definition) is 3. The number of rotatable bonds is 3. The van der Waals surface area contributed by atoms with Crippen LogP contribution in [-0.2, 0) is 0 Å². The highest BCUT2D eigenvalue weighted by molar-refractivity contribution is 6.36. The van der Waals surface area contributed by atoms with Gasteiger partial charge in [-0.1, -0.05) is 23.7 Å². The summed E-state index contributed by atoms with van der Waals surface area (Å²) in [4.78, 5) is 6.23. The van der Waals surface area contributed by atoms with E-state index in [1.54, 1.807) is 12.3 Å². The molecule has 0 aliphatic carbocycles. The molecule has 0 amide bonds. The van der Waals surface area contributed by atoms with E-state index in [-0.39, 0.29) is 18.5 Å². The van der Waals surface area contributed by atoms with Crippen LogP contribution in [0.1, 0.15) is 18.9 Å². The fourth-order valence-electron chi connectivity index (χ4n) is 2.43. The second-order valence-electron chi connectivity index (χ2n) is 4.69. The molecule has 2 rings (SSSR count). The van der Waals surface area contributed by atoms with E-state index in [4.69, 9.17) is 22.5 Å². The Bertz CT molecular complexity index is 495. The molecule has 6 nitrogen and oxygen atoms in total. The van der Waals surface area contributed by atoms with Gasteiger partial charge in [0.1, 0.15) is 5.82 Å². The highest BCUT2D eigenvalue weighted by atomic mass is 35.5. The van der Waals surface area contributed by atoms with Crippen LogP contribution in [0.25, 0.3) is 0 Å². The van der Waals surface area contributed by atoms with Crippen molar-refractivity contribution in [1.82, 2.24) is 4.98 Å². The minimum Gasteiger partial charge on any atom is -0.409 e. The Labute approximate surface area is 116 Å². The lowest BCUT2D eigenvalue weighted by Crippen LogP contribution is -2.36. The molecule has 104 valence electrons. The molecule has 4 N–H and O–H groups in total. The number of halogens is 1. The Morgan fingerprint density at radius 3 is 3.05 bits per heavy atom. The van der Waals surface area contributed by atoms with Gasteiger partial charge >= 0.3 is 0 Å². The van der Waals surface area contributed by atoms with Crippen LogP contribution in [0.3, 0.4) is 0 Å². The molecule has 7 heteroatoms. The predicted octanol–water partition coefficient (Wildman–Crippen LogP) is 1.04. The number of oxime groups is 1. The molecular weight excluding hydrogens is 268 g/mol. The van der Waals surface area contributed by atoms with E-state index >= 15 is 0 Å². The molecule has 1 aliphatic rings. The summed E-state index contributed by atoms with van der Waals surface area (Å²) in [6.07, 6.45) is 2.53. The van der Waals surface area contributed by atoms with E-state index in [9.17, 15) is 5.11 Å². The summed E-state index contributed by atoms with van der Waals surface area (Å²) in [5, 5.41) is 21.5. The van der Waals surface area contributed by atoms with Crippen molar-refractivity contribution in [2.75, 3.05) is 18.1 Å². The molecule has 1 aromatic heterocycles. The zero-order valence-corrected chi connectivity index (χ0v) is 11.4. The molecule has 1 saturated heterocycles. The SMILES string of the molecule is CC1CCN(c2nccc(/C(N)=N/O)c2Cl)C1CO. The summed E-state index contributed by atoms with van der Waals surface area (Å²) < 4.78 is 0. The van der Waals surface area contributed by atoms with Crippen molar-refractivity contribution in [3.63, 3.8) is 0 Å². The minimum absolute atomic E-state index is 0.00691. The number of pyridine rings is 1. The average Bonchev–Trinajstić information content (AvgIpc) is 2.79. The van der Waals surface area contributed by atoms with Crippen LogP contribution in [0.2, 0.25) is 5.02 Å². The lowest BCUT2D eigenvalue weighted by molar-refractivity contribution is 0.244. The number of anilines is 1. The highest BCUT2D eigenvalue weighted by Crippen LogP contribution is 2.34. The van der Waals surface area contributed by atoms with Gasteiger partial charge in [-0.3, -0.25) is 0 Å². The number of aromatic nitrogens is 1. The van der Waals surface area contributed by atoms with Gasteiger partial charge < -0.3 is 20.9 Å². The largest absolute Gasteiger partial charge is 0.409 e. The fourth-order valence-corrected chi connectivity index (χ4v) is 2.75. The first-order valence-corrected chi connectivity index (χ1v) is 6.47. The molecule has 1 aliphatic heterocycles. The van der Waals surface area contributed by atoms with Gasteiger partial charge in [0.2, 0.25) is 0 Å². The Balaban J connectivity index is 2.41. The third kappa shape index (κ3) is 2.46. The number of nitrogens with zero attached hydrogens (tertiary/aromatic N) is 3. The van der Waals surface area contributed by atoms with Crippen molar-refractivity contribution < 1.29 is 10.3 Å². The molecular formula is C12H17ClN4O2. The van der Waals surface area contributed by atoms with Crippen molar-refractivity contribution in [2.24, 2.45) is 16.8 Å². The van der Waals surface area contributed by atoms with Gasteiger partial charge in [-0.2, -0.15) is 0 Å². The van der Waals surface area contributed by atoms with Gasteiger partial charge in [0, 0.05) is 18.3 Å². The molecule has 0 spiro atoms. The Morgan fingerprint density at radius 1 is 1.68 bits per heavy atom. The third-order valence-corrected chi connectivity index (χ3v) is 3.97. The first-order valence-electron chi connectivity index (χ1n) is 6.10. The maximum absolute atomic E-state index is 9.48. The van der Waals surface area contributed by atoms with E-state index in [1.165, 1.54) is 0 Å². The summed E-state index contributed by atoms with van der Waals surface area (Å²) in [5.41, 5.74) is 6.01. The lowest BCUT2D eigenvalue weighted by Gasteiger charge is -2.27. The van der Waals surface area contributed by atoms with Gasteiger partial charge in [-0.25, -0.2) is 4.98 Å². The maximum atomic E-state index is 9.48. The van der Waals surface area contributed by atoms with E-state index in [2.05, 4.69) is 17.1 Å². The van der Waals surface area contributed by atoms with E-state index < -0.39 is 0 Å². The van der Waals surface area contributed by atoms with Gasteiger partial charge in [0.05, 0.1) is 17.7 Å². The minimum atomic E-state index is -0.0542. The molecule has 0 aromatic carbocycles. The van der Waals surface area contributed by atoms with Gasteiger partial charge in [0.15, 0.2) is 5.84 Å². The summed E-state index contributed by atoms with van der Waals surface area (Å²) in [7, 11) is 0. The first-order chi connectivity index (χ1) is 9.10. The number of hydrogen-bond acceptors (Lipinski definition) is 5. The van der Waals surface area contributed by atoms with Crippen molar-refractivity contribution in [3.05, 3.63) is 22.8 Å². The zero-order chi connectivity index (χ0) is 14.0. The molecule has 2 unspecified atom stereocenters. The van der Waals surface area contributed by atoms with Crippen LogP contribution < -0.4 is 10.6 Å². The van der Waals surface area contributed by atoms with E-state index in [1.807, 2.05) is 4.90 Å². The van der Waals surface area contributed by atoms with Gasteiger partial charge in [-0.15, -0.1) is 0 Å². The average molecular weight is 285 g/mol.